The zero-order valence-electron chi connectivity index (χ0n) is 15.9. The summed E-state index contributed by atoms with van der Waals surface area (Å²) in [6.45, 7) is 0.383. The number of rotatable bonds is 6. The van der Waals surface area contributed by atoms with Crippen LogP contribution in [-0.4, -0.2) is 23.0 Å². The molecule has 0 spiro atoms. The second-order valence-corrected chi connectivity index (χ2v) is 7.34. The molecule has 2 aromatic heterocycles. The van der Waals surface area contributed by atoms with Gasteiger partial charge in [0.1, 0.15) is 11.3 Å². The largest absolute Gasteiger partial charge is 0.494 e. The van der Waals surface area contributed by atoms with Crippen LogP contribution >= 0.6 is 11.3 Å². The minimum absolute atomic E-state index is 0.143. The van der Waals surface area contributed by atoms with Crippen molar-refractivity contribution in [2.45, 2.75) is 6.54 Å². The molecule has 0 fully saturated rings. The average Bonchev–Trinajstić information content (AvgIpc) is 3.21. The van der Waals surface area contributed by atoms with Crippen LogP contribution in [0.25, 0.3) is 16.3 Å². The lowest BCUT2D eigenvalue weighted by Gasteiger charge is -2.18. The molecule has 29 heavy (non-hydrogen) atoms. The fraction of sp³-hybridized carbons (Fsp3) is 0.0870. The number of hydrogen-bond acceptors (Lipinski definition) is 5. The van der Waals surface area contributed by atoms with Gasteiger partial charge in [0.05, 0.1) is 18.4 Å². The van der Waals surface area contributed by atoms with Gasteiger partial charge in [0.15, 0.2) is 5.13 Å². The predicted octanol–water partition coefficient (Wildman–Crippen LogP) is 4.95. The van der Waals surface area contributed by atoms with E-state index in [-0.39, 0.29) is 5.91 Å². The number of thiazole rings is 1. The van der Waals surface area contributed by atoms with E-state index in [9.17, 15) is 4.79 Å². The number of nitrogens with zero attached hydrogens (tertiary/aromatic N) is 3. The fourth-order valence-corrected chi connectivity index (χ4v) is 3.92. The van der Waals surface area contributed by atoms with E-state index >= 15 is 0 Å². The summed E-state index contributed by atoms with van der Waals surface area (Å²) in [6, 6.07) is 19.3. The molecule has 0 unspecified atom stereocenters. The van der Waals surface area contributed by atoms with E-state index < -0.39 is 0 Å². The number of aromatic nitrogens is 2. The third-order valence-electron chi connectivity index (χ3n) is 4.37. The Morgan fingerprint density at radius 1 is 1.10 bits per heavy atom. The lowest BCUT2D eigenvalue weighted by Crippen LogP contribution is -2.28. The second kappa shape index (κ2) is 8.67. The van der Waals surface area contributed by atoms with Gasteiger partial charge in [0.2, 0.25) is 0 Å². The van der Waals surface area contributed by atoms with Gasteiger partial charge in [-0.1, -0.05) is 53.8 Å². The number of benzene rings is 2. The summed E-state index contributed by atoms with van der Waals surface area (Å²) >= 11 is 1.46. The summed E-state index contributed by atoms with van der Waals surface area (Å²) in [6.07, 6.45) is 6.87. The first-order valence-corrected chi connectivity index (χ1v) is 9.93. The normalized spacial score (nSPS) is 11.1. The number of methoxy groups -OCH3 is 1. The Hall–Kier alpha value is -3.51. The second-order valence-electron chi connectivity index (χ2n) is 6.33. The molecule has 0 saturated heterocycles. The van der Waals surface area contributed by atoms with E-state index in [1.54, 1.807) is 30.5 Å². The van der Waals surface area contributed by atoms with Crippen LogP contribution in [0.5, 0.6) is 5.75 Å². The molecule has 4 aromatic rings. The van der Waals surface area contributed by atoms with Crippen LogP contribution < -0.4 is 9.64 Å². The van der Waals surface area contributed by atoms with E-state index in [1.807, 2.05) is 66.7 Å². The Kier molecular flexibility index (Phi) is 5.63. The van der Waals surface area contributed by atoms with Crippen LogP contribution in [0.15, 0.2) is 79.1 Å². The average molecular weight is 401 g/mol. The zero-order valence-corrected chi connectivity index (χ0v) is 16.7. The Labute approximate surface area is 172 Å². The van der Waals surface area contributed by atoms with Crippen molar-refractivity contribution in [3.8, 4) is 5.75 Å². The molecule has 144 valence electrons. The molecule has 0 radical (unpaired) electrons. The summed E-state index contributed by atoms with van der Waals surface area (Å²) < 4.78 is 6.39. The number of carbonyl (C=O) groups excluding carboxylic acids is 1. The van der Waals surface area contributed by atoms with Gasteiger partial charge < -0.3 is 4.74 Å². The monoisotopic (exact) mass is 401 g/mol. The zero-order chi connectivity index (χ0) is 20.1. The topological polar surface area (TPSA) is 55.3 Å². The maximum absolute atomic E-state index is 13.1. The molecule has 4 rings (SSSR count). The van der Waals surface area contributed by atoms with Crippen LogP contribution in [0.3, 0.4) is 0 Å². The standard InChI is InChI=1S/C23H19N3O2S/c1-28-19-10-5-11-20-22(19)25-23(29-20)26(16-18-9-6-14-24-15-18)21(27)13-12-17-7-3-2-4-8-17/h2-15H,16H2,1H3/b13-12+. The quantitative estimate of drug-likeness (QED) is 0.429. The van der Waals surface area contributed by atoms with Gasteiger partial charge in [-0.15, -0.1) is 0 Å². The first-order valence-electron chi connectivity index (χ1n) is 9.11. The molecule has 2 heterocycles. The predicted molar refractivity (Wildman–Crippen MR) is 117 cm³/mol. The molecule has 1 amide bonds. The maximum Gasteiger partial charge on any atom is 0.253 e. The van der Waals surface area contributed by atoms with E-state index in [1.165, 1.54) is 11.3 Å². The van der Waals surface area contributed by atoms with Crippen molar-refractivity contribution in [1.29, 1.82) is 0 Å². The highest BCUT2D eigenvalue weighted by Gasteiger charge is 2.19. The number of amides is 1. The third-order valence-corrected chi connectivity index (χ3v) is 5.41. The molecule has 0 aliphatic rings. The van der Waals surface area contributed by atoms with Crippen LogP contribution in [0.1, 0.15) is 11.1 Å². The molecule has 2 aromatic carbocycles. The van der Waals surface area contributed by atoms with Crippen molar-refractivity contribution in [2.75, 3.05) is 12.0 Å². The van der Waals surface area contributed by atoms with Gasteiger partial charge in [-0.3, -0.25) is 14.7 Å². The molecule has 6 heteroatoms. The smallest absolute Gasteiger partial charge is 0.253 e. The van der Waals surface area contributed by atoms with Crippen LogP contribution in [0.2, 0.25) is 0 Å². The minimum Gasteiger partial charge on any atom is -0.494 e. The highest BCUT2D eigenvalue weighted by Crippen LogP contribution is 2.34. The Morgan fingerprint density at radius 3 is 2.72 bits per heavy atom. The summed E-state index contributed by atoms with van der Waals surface area (Å²) in [5.74, 6) is 0.550. The van der Waals surface area contributed by atoms with Gasteiger partial charge in [-0.05, 0) is 35.4 Å². The summed E-state index contributed by atoms with van der Waals surface area (Å²) in [5, 5.41) is 0.621. The third kappa shape index (κ3) is 4.33. The van der Waals surface area contributed by atoms with Crippen molar-refractivity contribution < 1.29 is 9.53 Å². The number of hydrogen-bond donors (Lipinski definition) is 0. The molecule has 0 atom stereocenters. The van der Waals surface area contributed by atoms with Crippen LogP contribution in [-0.2, 0) is 11.3 Å². The minimum atomic E-state index is -0.143. The number of carbonyl (C=O) groups is 1. The van der Waals surface area contributed by atoms with Crippen molar-refractivity contribution >= 4 is 38.7 Å². The highest BCUT2D eigenvalue weighted by molar-refractivity contribution is 7.22. The number of fused-ring (bicyclic) bond motifs is 1. The maximum atomic E-state index is 13.1. The van der Waals surface area contributed by atoms with Crippen molar-refractivity contribution in [1.82, 2.24) is 9.97 Å². The van der Waals surface area contributed by atoms with Crippen molar-refractivity contribution in [3.05, 3.63) is 90.3 Å². The van der Waals surface area contributed by atoms with E-state index in [0.29, 0.717) is 17.4 Å². The highest BCUT2D eigenvalue weighted by atomic mass is 32.1. The molecule has 5 nitrogen and oxygen atoms in total. The fourth-order valence-electron chi connectivity index (χ4n) is 2.93. The molecular formula is C23H19N3O2S. The van der Waals surface area contributed by atoms with Gasteiger partial charge in [0, 0.05) is 18.5 Å². The molecule has 0 saturated carbocycles. The van der Waals surface area contributed by atoms with Gasteiger partial charge in [0.25, 0.3) is 5.91 Å². The van der Waals surface area contributed by atoms with Gasteiger partial charge in [-0.2, -0.15) is 0 Å². The van der Waals surface area contributed by atoms with Crippen LogP contribution in [0.4, 0.5) is 5.13 Å². The summed E-state index contributed by atoms with van der Waals surface area (Å²) in [7, 11) is 1.62. The molecule has 0 aliphatic heterocycles. The first kappa shape index (κ1) is 18.8. The van der Waals surface area contributed by atoms with Crippen LogP contribution in [0, 0.1) is 0 Å². The van der Waals surface area contributed by atoms with Gasteiger partial charge in [-0.25, -0.2) is 4.98 Å². The van der Waals surface area contributed by atoms with E-state index in [0.717, 1.165) is 21.3 Å². The van der Waals surface area contributed by atoms with E-state index in [4.69, 9.17) is 9.72 Å². The SMILES string of the molecule is COc1cccc2sc(N(Cc3cccnc3)C(=O)/C=C/c3ccccc3)nc12. The number of para-hydroxylation sites is 1. The Morgan fingerprint density at radius 2 is 1.97 bits per heavy atom. The number of anilines is 1. The van der Waals surface area contributed by atoms with Crippen molar-refractivity contribution in [2.24, 2.45) is 0 Å². The lowest BCUT2D eigenvalue weighted by molar-refractivity contribution is -0.114. The first-order chi connectivity index (χ1) is 14.2. The molecule has 0 bridgehead atoms. The lowest BCUT2D eigenvalue weighted by atomic mass is 10.2. The summed E-state index contributed by atoms with van der Waals surface area (Å²) in [5.41, 5.74) is 2.65. The number of ether oxygens (including phenoxy) is 1. The molecule has 0 N–H and O–H groups in total. The summed E-state index contributed by atoms with van der Waals surface area (Å²) in [4.78, 5) is 23.6. The molecular weight excluding hydrogens is 382 g/mol. The van der Waals surface area contributed by atoms with E-state index in [2.05, 4.69) is 4.98 Å². The van der Waals surface area contributed by atoms with Gasteiger partial charge >= 0.3 is 0 Å². The Bertz CT molecular complexity index is 1140. The molecule has 0 aliphatic carbocycles. The Balaban J connectivity index is 1.70. The number of pyridine rings is 1. The van der Waals surface area contributed by atoms with Crippen molar-refractivity contribution in [3.63, 3.8) is 0 Å².